The fourth-order valence-corrected chi connectivity index (χ4v) is 5.85. The number of nitrogens with one attached hydrogen (secondary N) is 1. The maximum atomic E-state index is 13.3. The van der Waals surface area contributed by atoms with E-state index in [1.165, 1.54) is 23.5 Å². The number of anilines is 3. The minimum Gasteiger partial charge on any atom is -0.397 e. The summed E-state index contributed by atoms with van der Waals surface area (Å²) >= 11 is 8.48. The minimum atomic E-state index is -4.56. The highest BCUT2D eigenvalue weighted by atomic mass is 35.5. The van der Waals surface area contributed by atoms with Crippen LogP contribution in [0.4, 0.5) is 29.5 Å². The molecule has 3 N–H and O–H groups in total. The number of halogens is 4. The largest absolute Gasteiger partial charge is 0.416 e. The Balaban J connectivity index is 1.63. The van der Waals surface area contributed by atoms with Gasteiger partial charge in [0.05, 0.1) is 27.0 Å². The zero-order valence-corrected chi connectivity index (χ0v) is 20.1. The standard InChI is InChI=1S/C25H15ClF3N3OS2/c26-15-8-10-16(11-9-15)31-23-19(24-32-17-6-1-2-7-18(17)34-24)20(30)22(35-23)21(33)13-4-3-5-14(12-13)25(27,28)29/h1-12,31H,30H2. The number of hydrogen-bond donors (Lipinski definition) is 2. The number of ketones is 1. The van der Waals surface area contributed by atoms with Crippen LogP contribution in [0.15, 0.2) is 72.8 Å². The van der Waals surface area contributed by atoms with Crippen LogP contribution < -0.4 is 11.1 Å². The van der Waals surface area contributed by atoms with E-state index in [4.69, 9.17) is 17.3 Å². The summed E-state index contributed by atoms with van der Waals surface area (Å²) in [4.78, 5) is 18.1. The number of benzene rings is 3. The Hall–Kier alpha value is -3.40. The van der Waals surface area contributed by atoms with Crippen molar-refractivity contribution < 1.29 is 18.0 Å². The molecule has 0 saturated carbocycles. The van der Waals surface area contributed by atoms with E-state index in [1.54, 1.807) is 24.3 Å². The van der Waals surface area contributed by atoms with Crippen molar-refractivity contribution in [2.75, 3.05) is 11.1 Å². The SMILES string of the molecule is Nc1c(C(=O)c2cccc(C(F)(F)F)c2)sc(Nc2ccc(Cl)cc2)c1-c1nc2ccccc2s1. The van der Waals surface area contributed by atoms with Gasteiger partial charge in [0.25, 0.3) is 0 Å². The maximum Gasteiger partial charge on any atom is 0.416 e. The number of alkyl halides is 3. The van der Waals surface area contributed by atoms with Crippen LogP contribution in [-0.4, -0.2) is 10.8 Å². The van der Waals surface area contributed by atoms with E-state index < -0.39 is 17.5 Å². The summed E-state index contributed by atoms with van der Waals surface area (Å²) in [6, 6.07) is 18.9. The minimum absolute atomic E-state index is 0.0957. The van der Waals surface area contributed by atoms with Gasteiger partial charge in [0.1, 0.15) is 14.9 Å². The lowest BCUT2D eigenvalue weighted by Crippen LogP contribution is -2.08. The highest BCUT2D eigenvalue weighted by Crippen LogP contribution is 2.47. The van der Waals surface area contributed by atoms with Gasteiger partial charge in [-0.1, -0.05) is 35.9 Å². The summed E-state index contributed by atoms with van der Waals surface area (Å²) in [6.07, 6.45) is -4.56. The Morgan fingerprint density at radius 1 is 0.971 bits per heavy atom. The third kappa shape index (κ3) is 4.62. The molecule has 2 aromatic heterocycles. The molecule has 0 unspecified atom stereocenters. The molecule has 2 heterocycles. The van der Waals surface area contributed by atoms with Gasteiger partial charge in [0.2, 0.25) is 5.78 Å². The van der Waals surface area contributed by atoms with Crippen LogP contribution in [0.2, 0.25) is 5.02 Å². The molecule has 35 heavy (non-hydrogen) atoms. The van der Waals surface area contributed by atoms with Crippen LogP contribution in [0.5, 0.6) is 0 Å². The molecule has 5 rings (SSSR count). The first kappa shape index (κ1) is 23.3. The third-order valence-corrected chi connectivity index (χ3v) is 7.64. The molecule has 3 aromatic carbocycles. The molecule has 0 atom stereocenters. The number of hydrogen-bond acceptors (Lipinski definition) is 6. The number of aromatic nitrogens is 1. The molecule has 5 aromatic rings. The normalized spacial score (nSPS) is 11.7. The summed E-state index contributed by atoms with van der Waals surface area (Å²) in [5, 5.41) is 4.97. The van der Waals surface area contributed by atoms with Gasteiger partial charge in [-0.15, -0.1) is 22.7 Å². The second-order valence-electron chi connectivity index (χ2n) is 7.58. The lowest BCUT2D eigenvalue weighted by atomic mass is 10.0. The van der Waals surface area contributed by atoms with E-state index in [0.717, 1.165) is 33.7 Å². The van der Waals surface area contributed by atoms with Crippen LogP contribution in [-0.2, 0) is 6.18 Å². The van der Waals surface area contributed by atoms with E-state index in [-0.39, 0.29) is 16.1 Å². The molecule has 0 amide bonds. The first-order chi connectivity index (χ1) is 16.7. The molecule has 10 heteroatoms. The van der Waals surface area contributed by atoms with Gasteiger partial charge in [-0.25, -0.2) is 4.98 Å². The molecule has 4 nitrogen and oxygen atoms in total. The predicted octanol–water partition coefficient (Wildman–Crippen LogP) is 8.25. The number of thiazole rings is 1. The summed E-state index contributed by atoms with van der Waals surface area (Å²) < 4.78 is 40.6. The average molecular weight is 530 g/mol. The number of nitrogens with zero attached hydrogens (tertiary/aromatic N) is 1. The zero-order valence-electron chi connectivity index (χ0n) is 17.7. The fraction of sp³-hybridized carbons (Fsp3) is 0.0400. The number of fused-ring (bicyclic) bond motifs is 1. The van der Waals surface area contributed by atoms with Gasteiger partial charge < -0.3 is 11.1 Å². The Kier molecular flexibility index (Phi) is 6.00. The molecule has 0 radical (unpaired) electrons. The Labute approximate surface area is 210 Å². The molecule has 0 aliphatic rings. The van der Waals surface area contributed by atoms with Gasteiger partial charge in [-0.05, 0) is 48.5 Å². The van der Waals surface area contributed by atoms with E-state index in [2.05, 4.69) is 10.3 Å². The molecule has 0 bridgehead atoms. The van der Waals surface area contributed by atoms with E-state index in [1.807, 2.05) is 24.3 Å². The quantitative estimate of drug-likeness (QED) is 0.225. The average Bonchev–Trinajstić information content (AvgIpc) is 3.40. The molecule has 0 fully saturated rings. The zero-order chi connectivity index (χ0) is 24.7. The number of nitrogen functional groups attached to an aromatic ring is 1. The van der Waals surface area contributed by atoms with Gasteiger partial charge in [-0.2, -0.15) is 13.2 Å². The smallest absolute Gasteiger partial charge is 0.397 e. The molecule has 176 valence electrons. The van der Waals surface area contributed by atoms with Crippen molar-refractivity contribution in [1.29, 1.82) is 0 Å². The lowest BCUT2D eigenvalue weighted by Gasteiger charge is -2.08. The predicted molar refractivity (Wildman–Crippen MR) is 137 cm³/mol. The first-order valence-corrected chi connectivity index (χ1v) is 12.2. The summed E-state index contributed by atoms with van der Waals surface area (Å²) in [6.45, 7) is 0. The third-order valence-electron chi connectivity index (χ3n) is 5.21. The summed E-state index contributed by atoms with van der Waals surface area (Å²) in [5.41, 5.74) is 7.65. The molecular formula is C25H15ClF3N3OS2. The van der Waals surface area contributed by atoms with Crippen molar-refractivity contribution in [2.45, 2.75) is 6.18 Å². The van der Waals surface area contributed by atoms with Crippen LogP contribution >= 0.6 is 34.3 Å². The molecule has 0 aliphatic heterocycles. The first-order valence-electron chi connectivity index (χ1n) is 10.2. The van der Waals surface area contributed by atoms with Crippen molar-refractivity contribution >= 4 is 66.7 Å². The highest BCUT2D eigenvalue weighted by molar-refractivity contribution is 7.23. The van der Waals surface area contributed by atoms with Crippen molar-refractivity contribution in [2.24, 2.45) is 0 Å². The number of carbonyl (C=O) groups is 1. The molecule has 0 spiro atoms. The van der Waals surface area contributed by atoms with Gasteiger partial charge in [0, 0.05) is 16.3 Å². The van der Waals surface area contributed by atoms with Crippen LogP contribution in [0.3, 0.4) is 0 Å². The topological polar surface area (TPSA) is 68.0 Å². The van der Waals surface area contributed by atoms with Crippen molar-refractivity contribution in [3.8, 4) is 10.6 Å². The van der Waals surface area contributed by atoms with Crippen LogP contribution in [0.1, 0.15) is 20.8 Å². The highest BCUT2D eigenvalue weighted by Gasteiger charge is 2.32. The molecule has 0 aliphatic carbocycles. The monoisotopic (exact) mass is 529 g/mol. The summed E-state index contributed by atoms with van der Waals surface area (Å²) in [7, 11) is 0. The fourth-order valence-electron chi connectivity index (χ4n) is 3.52. The Bertz CT molecular complexity index is 1530. The van der Waals surface area contributed by atoms with Crippen molar-refractivity contribution in [1.82, 2.24) is 4.98 Å². The number of rotatable bonds is 5. The van der Waals surface area contributed by atoms with E-state index in [9.17, 15) is 18.0 Å². The van der Waals surface area contributed by atoms with Crippen LogP contribution in [0, 0.1) is 0 Å². The number of nitrogens with two attached hydrogens (primary N) is 1. The molecular weight excluding hydrogens is 515 g/mol. The maximum absolute atomic E-state index is 13.3. The van der Waals surface area contributed by atoms with Gasteiger partial charge in [0.15, 0.2) is 0 Å². The number of para-hydroxylation sites is 1. The summed E-state index contributed by atoms with van der Waals surface area (Å²) in [5.74, 6) is -0.592. The number of carbonyl (C=O) groups excluding carboxylic acids is 1. The van der Waals surface area contributed by atoms with Crippen LogP contribution in [0.25, 0.3) is 20.8 Å². The Morgan fingerprint density at radius 3 is 2.43 bits per heavy atom. The van der Waals surface area contributed by atoms with Crippen molar-refractivity contribution in [3.63, 3.8) is 0 Å². The molecule has 0 saturated heterocycles. The van der Waals surface area contributed by atoms with E-state index >= 15 is 0 Å². The van der Waals surface area contributed by atoms with Gasteiger partial charge >= 0.3 is 6.18 Å². The second kappa shape index (κ2) is 8.99. The lowest BCUT2D eigenvalue weighted by molar-refractivity contribution is -0.137. The van der Waals surface area contributed by atoms with Gasteiger partial charge in [-0.3, -0.25) is 4.79 Å². The van der Waals surface area contributed by atoms with Crippen molar-refractivity contribution in [3.05, 3.63) is 93.8 Å². The second-order valence-corrected chi connectivity index (χ2v) is 10.1. The Morgan fingerprint density at radius 2 is 1.71 bits per heavy atom. The number of thiophene rings is 1. The van der Waals surface area contributed by atoms with E-state index in [0.29, 0.717) is 26.3 Å².